The van der Waals surface area contributed by atoms with Crippen LogP contribution in [0.3, 0.4) is 0 Å². The van der Waals surface area contributed by atoms with E-state index in [9.17, 15) is 0 Å². The fourth-order valence-corrected chi connectivity index (χ4v) is 2.27. The summed E-state index contributed by atoms with van der Waals surface area (Å²) in [5.41, 5.74) is 2.96. The van der Waals surface area contributed by atoms with E-state index in [0.29, 0.717) is 5.88 Å². The van der Waals surface area contributed by atoms with Crippen molar-refractivity contribution >= 4 is 16.7 Å². The van der Waals surface area contributed by atoms with Crippen LogP contribution in [0.5, 0.6) is 5.88 Å². The summed E-state index contributed by atoms with van der Waals surface area (Å²) in [5, 5.41) is 3.35. The van der Waals surface area contributed by atoms with E-state index < -0.39 is 0 Å². The zero-order chi connectivity index (χ0) is 12.4. The number of nitrogens with one attached hydrogen (secondary N) is 1. The van der Waals surface area contributed by atoms with Gasteiger partial charge in [-0.1, -0.05) is 0 Å². The molecule has 0 atom stereocenters. The summed E-state index contributed by atoms with van der Waals surface area (Å²) < 4.78 is 5.19. The molecule has 0 spiro atoms. The van der Waals surface area contributed by atoms with Crippen LogP contribution in [0.4, 0.5) is 5.69 Å². The number of methoxy groups -OCH3 is 1. The van der Waals surface area contributed by atoms with Gasteiger partial charge in [-0.2, -0.15) is 0 Å². The maximum atomic E-state index is 5.19. The summed E-state index contributed by atoms with van der Waals surface area (Å²) in [6.07, 6.45) is 1.84. The van der Waals surface area contributed by atoms with Crippen molar-refractivity contribution in [3.8, 4) is 5.88 Å². The first kappa shape index (κ1) is 11.2. The van der Waals surface area contributed by atoms with Gasteiger partial charge in [-0.05, 0) is 12.1 Å². The number of ether oxygens (including phenoxy) is 1. The minimum absolute atomic E-state index is 0.631. The Labute approximate surface area is 106 Å². The Morgan fingerprint density at radius 2 is 2.06 bits per heavy atom. The number of fused-ring (bicyclic) bond motifs is 1. The van der Waals surface area contributed by atoms with Crippen LogP contribution in [0.15, 0.2) is 24.4 Å². The first-order chi connectivity index (χ1) is 8.88. The van der Waals surface area contributed by atoms with Gasteiger partial charge in [0.15, 0.2) is 0 Å². The van der Waals surface area contributed by atoms with Crippen molar-refractivity contribution in [1.29, 1.82) is 0 Å². The predicted molar refractivity (Wildman–Crippen MR) is 71.2 cm³/mol. The van der Waals surface area contributed by atoms with Crippen molar-refractivity contribution < 1.29 is 4.74 Å². The monoisotopic (exact) mass is 244 g/mol. The van der Waals surface area contributed by atoms with E-state index in [4.69, 9.17) is 4.74 Å². The number of rotatable bonds is 2. The van der Waals surface area contributed by atoms with Crippen LogP contribution in [0.25, 0.3) is 11.0 Å². The molecule has 1 aliphatic rings. The van der Waals surface area contributed by atoms with E-state index in [0.717, 1.165) is 42.9 Å². The quantitative estimate of drug-likeness (QED) is 0.855. The number of piperazine rings is 1. The third-order valence-electron chi connectivity index (χ3n) is 3.20. The molecule has 0 aliphatic carbocycles. The second-order valence-electron chi connectivity index (χ2n) is 4.29. The summed E-state index contributed by atoms with van der Waals surface area (Å²) >= 11 is 0. The Hall–Kier alpha value is -1.88. The van der Waals surface area contributed by atoms with E-state index in [1.165, 1.54) is 0 Å². The van der Waals surface area contributed by atoms with Gasteiger partial charge in [-0.3, -0.25) is 4.98 Å². The second kappa shape index (κ2) is 4.78. The molecule has 1 N–H and O–H groups in total. The Kier molecular flexibility index (Phi) is 2.98. The average molecular weight is 244 g/mol. The standard InChI is InChI=1S/C13H16N4O/c1-18-12-3-2-10-13(16-12)11(4-5-15-10)17-8-6-14-7-9-17/h2-5,14H,6-9H2,1H3. The summed E-state index contributed by atoms with van der Waals surface area (Å²) in [5.74, 6) is 0.631. The molecule has 5 nitrogen and oxygen atoms in total. The van der Waals surface area contributed by atoms with Crippen LogP contribution in [-0.2, 0) is 0 Å². The first-order valence-electron chi connectivity index (χ1n) is 6.14. The fourth-order valence-electron chi connectivity index (χ4n) is 2.27. The Morgan fingerprint density at radius 1 is 1.22 bits per heavy atom. The van der Waals surface area contributed by atoms with E-state index in [1.54, 1.807) is 7.11 Å². The molecule has 0 radical (unpaired) electrons. The van der Waals surface area contributed by atoms with Crippen molar-refractivity contribution in [2.75, 3.05) is 38.2 Å². The lowest BCUT2D eigenvalue weighted by Crippen LogP contribution is -2.43. The lowest BCUT2D eigenvalue weighted by atomic mass is 10.2. The molecule has 2 aromatic heterocycles. The van der Waals surface area contributed by atoms with Crippen LogP contribution < -0.4 is 15.0 Å². The van der Waals surface area contributed by atoms with Gasteiger partial charge in [0.2, 0.25) is 5.88 Å². The Bertz CT molecular complexity index is 552. The van der Waals surface area contributed by atoms with Crippen LogP contribution in [0, 0.1) is 0 Å². The second-order valence-corrected chi connectivity index (χ2v) is 4.29. The highest BCUT2D eigenvalue weighted by molar-refractivity contribution is 5.88. The molecule has 1 saturated heterocycles. The number of anilines is 1. The highest BCUT2D eigenvalue weighted by Crippen LogP contribution is 2.25. The Balaban J connectivity index is 2.09. The molecule has 0 aromatic carbocycles. The van der Waals surface area contributed by atoms with E-state index in [2.05, 4.69) is 20.2 Å². The van der Waals surface area contributed by atoms with Crippen LogP contribution in [-0.4, -0.2) is 43.3 Å². The number of nitrogens with zero attached hydrogens (tertiary/aromatic N) is 3. The molecular weight excluding hydrogens is 228 g/mol. The molecule has 0 saturated carbocycles. The lowest BCUT2D eigenvalue weighted by Gasteiger charge is -2.29. The SMILES string of the molecule is COc1ccc2nccc(N3CCNCC3)c2n1. The fraction of sp³-hybridized carbons (Fsp3) is 0.385. The van der Waals surface area contributed by atoms with Crippen molar-refractivity contribution in [3.05, 3.63) is 24.4 Å². The highest BCUT2D eigenvalue weighted by atomic mass is 16.5. The molecule has 0 unspecified atom stereocenters. The largest absolute Gasteiger partial charge is 0.481 e. The van der Waals surface area contributed by atoms with Gasteiger partial charge < -0.3 is 15.0 Å². The zero-order valence-corrected chi connectivity index (χ0v) is 10.4. The van der Waals surface area contributed by atoms with E-state index in [-0.39, 0.29) is 0 Å². The van der Waals surface area contributed by atoms with Gasteiger partial charge in [0.05, 0.1) is 18.3 Å². The summed E-state index contributed by atoms with van der Waals surface area (Å²) in [7, 11) is 1.63. The summed E-state index contributed by atoms with van der Waals surface area (Å²) in [6.45, 7) is 4.01. The molecule has 94 valence electrons. The number of hydrogen-bond donors (Lipinski definition) is 1. The van der Waals surface area contributed by atoms with Gasteiger partial charge in [0.25, 0.3) is 0 Å². The van der Waals surface area contributed by atoms with Crippen molar-refractivity contribution in [3.63, 3.8) is 0 Å². The molecule has 18 heavy (non-hydrogen) atoms. The molecular formula is C13H16N4O. The molecule has 0 bridgehead atoms. The average Bonchev–Trinajstić information content (AvgIpc) is 2.47. The normalized spacial score (nSPS) is 15.9. The lowest BCUT2D eigenvalue weighted by molar-refractivity contribution is 0.399. The minimum Gasteiger partial charge on any atom is -0.481 e. The molecule has 1 aliphatic heterocycles. The first-order valence-corrected chi connectivity index (χ1v) is 6.14. The van der Waals surface area contributed by atoms with E-state index in [1.807, 2.05) is 24.4 Å². The van der Waals surface area contributed by atoms with Gasteiger partial charge in [0.1, 0.15) is 5.52 Å². The molecule has 1 fully saturated rings. The van der Waals surface area contributed by atoms with Crippen molar-refractivity contribution in [1.82, 2.24) is 15.3 Å². The molecule has 2 aromatic rings. The third-order valence-corrected chi connectivity index (χ3v) is 3.20. The van der Waals surface area contributed by atoms with Crippen LogP contribution in [0.1, 0.15) is 0 Å². The number of pyridine rings is 2. The van der Waals surface area contributed by atoms with Crippen molar-refractivity contribution in [2.24, 2.45) is 0 Å². The van der Waals surface area contributed by atoms with Gasteiger partial charge in [0, 0.05) is 38.4 Å². The van der Waals surface area contributed by atoms with Gasteiger partial charge in [-0.25, -0.2) is 4.98 Å². The molecule has 3 heterocycles. The van der Waals surface area contributed by atoms with Gasteiger partial charge in [-0.15, -0.1) is 0 Å². The molecule has 3 rings (SSSR count). The summed E-state index contributed by atoms with van der Waals surface area (Å²) in [4.78, 5) is 11.2. The van der Waals surface area contributed by atoms with Crippen LogP contribution >= 0.6 is 0 Å². The zero-order valence-electron chi connectivity index (χ0n) is 10.4. The maximum absolute atomic E-state index is 5.19. The molecule has 0 amide bonds. The summed E-state index contributed by atoms with van der Waals surface area (Å²) in [6, 6.07) is 5.82. The Morgan fingerprint density at radius 3 is 2.83 bits per heavy atom. The number of aromatic nitrogens is 2. The topological polar surface area (TPSA) is 50.3 Å². The highest BCUT2D eigenvalue weighted by Gasteiger charge is 2.14. The maximum Gasteiger partial charge on any atom is 0.213 e. The van der Waals surface area contributed by atoms with E-state index >= 15 is 0 Å². The smallest absolute Gasteiger partial charge is 0.213 e. The van der Waals surface area contributed by atoms with Crippen LogP contribution in [0.2, 0.25) is 0 Å². The predicted octanol–water partition coefficient (Wildman–Crippen LogP) is 1.05. The van der Waals surface area contributed by atoms with Gasteiger partial charge >= 0.3 is 0 Å². The minimum atomic E-state index is 0.631. The van der Waals surface area contributed by atoms with Crippen molar-refractivity contribution in [2.45, 2.75) is 0 Å². The molecule has 5 heteroatoms. The third kappa shape index (κ3) is 1.97. The number of hydrogen-bond acceptors (Lipinski definition) is 5.